The fraction of sp³-hybridized carbons (Fsp3) is 0.304. The van der Waals surface area contributed by atoms with Gasteiger partial charge in [-0.25, -0.2) is 4.98 Å². The molecule has 3 heterocycles. The van der Waals surface area contributed by atoms with Crippen molar-refractivity contribution in [1.29, 1.82) is 0 Å². The SMILES string of the molecule is O=C1CCN(Cc2cccn2-c2ccc(Cl)cn2)CCN1CCOc1ccccc1. The largest absolute Gasteiger partial charge is 0.492 e. The maximum absolute atomic E-state index is 12.5. The van der Waals surface area contributed by atoms with Gasteiger partial charge in [0, 0.05) is 50.7 Å². The maximum atomic E-state index is 12.5. The highest BCUT2D eigenvalue weighted by molar-refractivity contribution is 6.30. The normalized spacial score (nSPS) is 15.2. The van der Waals surface area contributed by atoms with Crippen LogP contribution in [0.2, 0.25) is 5.02 Å². The summed E-state index contributed by atoms with van der Waals surface area (Å²) in [4.78, 5) is 21.2. The number of carbonyl (C=O) groups is 1. The molecular weight excluding hydrogens is 400 g/mol. The zero-order valence-corrected chi connectivity index (χ0v) is 17.5. The Labute approximate surface area is 181 Å². The van der Waals surface area contributed by atoms with Crippen molar-refractivity contribution in [3.63, 3.8) is 0 Å². The molecular formula is C23H25ClN4O2. The van der Waals surface area contributed by atoms with E-state index < -0.39 is 0 Å². The summed E-state index contributed by atoms with van der Waals surface area (Å²) >= 11 is 5.96. The molecule has 1 aliphatic heterocycles. The van der Waals surface area contributed by atoms with Gasteiger partial charge in [0.15, 0.2) is 0 Å². The topological polar surface area (TPSA) is 50.6 Å². The van der Waals surface area contributed by atoms with Gasteiger partial charge in [-0.15, -0.1) is 0 Å². The van der Waals surface area contributed by atoms with Gasteiger partial charge < -0.3 is 14.2 Å². The molecule has 0 radical (unpaired) electrons. The third-order valence-corrected chi connectivity index (χ3v) is 5.45. The summed E-state index contributed by atoms with van der Waals surface area (Å²) in [5.41, 5.74) is 1.14. The number of ether oxygens (including phenoxy) is 1. The van der Waals surface area contributed by atoms with E-state index in [1.807, 2.05) is 59.6 Å². The number of hydrogen-bond acceptors (Lipinski definition) is 4. The minimum atomic E-state index is 0.184. The average molecular weight is 425 g/mol. The molecule has 156 valence electrons. The number of hydrogen-bond donors (Lipinski definition) is 0. The molecule has 0 atom stereocenters. The van der Waals surface area contributed by atoms with Crippen molar-refractivity contribution in [2.24, 2.45) is 0 Å². The molecule has 3 aromatic rings. The molecule has 1 amide bonds. The van der Waals surface area contributed by atoms with Crippen LogP contribution in [-0.4, -0.2) is 58.0 Å². The summed E-state index contributed by atoms with van der Waals surface area (Å²) in [5.74, 6) is 1.85. The molecule has 1 fully saturated rings. The molecule has 4 rings (SSSR count). The Hall–Kier alpha value is -2.83. The fourth-order valence-corrected chi connectivity index (χ4v) is 3.72. The molecule has 0 spiro atoms. The van der Waals surface area contributed by atoms with E-state index in [-0.39, 0.29) is 5.91 Å². The lowest BCUT2D eigenvalue weighted by molar-refractivity contribution is -0.130. The molecule has 1 saturated heterocycles. The molecule has 0 unspecified atom stereocenters. The van der Waals surface area contributed by atoms with Gasteiger partial charge in [-0.2, -0.15) is 0 Å². The number of nitrogens with zero attached hydrogens (tertiary/aromatic N) is 4. The van der Waals surface area contributed by atoms with E-state index >= 15 is 0 Å². The van der Waals surface area contributed by atoms with E-state index in [2.05, 4.69) is 20.5 Å². The summed E-state index contributed by atoms with van der Waals surface area (Å²) in [5, 5.41) is 0.620. The van der Waals surface area contributed by atoms with E-state index in [1.165, 1.54) is 0 Å². The van der Waals surface area contributed by atoms with Gasteiger partial charge in [0.2, 0.25) is 5.91 Å². The van der Waals surface area contributed by atoms with Crippen LogP contribution in [0.3, 0.4) is 0 Å². The molecule has 2 aromatic heterocycles. The van der Waals surface area contributed by atoms with Gasteiger partial charge in [0.1, 0.15) is 18.2 Å². The van der Waals surface area contributed by atoms with Crippen LogP contribution in [0.4, 0.5) is 0 Å². The van der Waals surface area contributed by atoms with Crippen LogP contribution in [-0.2, 0) is 11.3 Å². The Kier molecular flexibility index (Phi) is 6.67. The summed E-state index contributed by atoms with van der Waals surface area (Å²) in [6.07, 6.45) is 4.17. The van der Waals surface area contributed by atoms with Crippen molar-refractivity contribution in [2.75, 3.05) is 32.8 Å². The predicted octanol–water partition coefficient (Wildman–Crippen LogP) is 3.64. The Bertz CT molecular complexity index is 959. The first-order valence-electron chi connectivity index (χ1n) is 10.2. The van der Waals surface area contributed by atoms with Crippen LogP contribution in [0, 0.1) is 0 Å². The number of carbonyl (C=O) groups excluding carboxylic acids is 1. The van der Waals surface area contributed by atoms with Crippen LogP contribution in [0.5, 0.6) is 5.75 Å². The van der Waals surface area contributed by atoms with Gasteiger partial charge in [-0.3, -0.25) is 9.69 Å². The van der Waals surface area contributed by atoms with Gasteiger partial charge in [0.05, 0.1) is 11.6 Å². The second-order valence-electron chi connectivity index (χ2n) is 7.27. The monoisotopic (exact) mass is 424 g/mol. The van der Waals surface area contributed by atoms with Crippen LogP contribution in [0.1, 0.15) is 12.1 Å². The number of para-hydroxylation sites is 1. The lowest BCUT2D eigenvalue weighted by Crippen LogP contribution is -2.36. The van der Waals surface area contributed by atoms with Crippen LogP contribution >= 0.6 is 11.6 Å². The lowest BCUT2D eigenvalue weighted by Gasteiger charge is -2.22. The Morgan fingerprint density at radius 1 is 1.00 bits per heavy atom. The Morgan fingerprint density at radius 2 is 1.87 bits per heavy atom. The molecule has 0 aliphatic carbocycles. The van der Waals surface area contributed by atoms with Gasteiger partial charge in [-0.05, 0) is 36.4 Å². The first kappa shape index (κ1) is 20.4. The van der Waals surface area contributed by atoms with Crippen molar-refractivity contribution in [2.45, 2.75) is 13.0 Å². The lowest BCUT2D eigenvalue weighted by atomic mass is 10.3. The Balaban J connectivity index is 1.33. The van der Waals surface area contributed by atoms with E-state index in [9.17, 15) is 4.79 Å². The molecule has 1 aliphatic rings. The van der Waals surface area contributed by atoms with Crippen molar-refractivity contribution in [3.05, 3.63) is 77.7 Å². The molecule has 0 bridgehead atoms. The Morgan fingerprint density at radius 3 is 2.67 bits per heavy atom. The third-order valence-electron chi connectivity index (χ3n) is 5.23. The van der Waals surface area contributed by atoms with Gasteiger partial charge >= 0.3 is 0 Å². The zero-order chi connectivity index (χ0) is 20.8. The summed E-state index contributed by atoms with van der Waals surface area (Å²) < 4.78 is 7.82. The third kappa shape index (κ3) is 5.20. The highest BCUT2D eigenvalue weighted by atomic mass is 35.5. The number of pyridine rings is 1. The summed E-state index contributed by atoms with van der Waals surface area (Å²) in [6.45, 7) is 4.15. The highest BCUT2D eigenvalue weighted by Gasteiger charge is 2.21. The quantitative estimate of drug-likeness (QED) is 0.581. The maximum Gasteiger partial charge on any atom is 0.224 e. The number of halogens is 1. The van der Waals surface area contributed by atoms with Crippen molar-refractivity contribution >= 4 is 17.5 Å². The highest BCUT2D eigenvalue weighted by Crippen LogP contribution is 2.16. The van der Waals surface area contributed by atoms with Crippen LogP contribution in [0.15, 0.2) is 67.0 Å². The van der Waals surface area contributed by atoms with E-state index in [0.29, 0.717) is 31.1 Å². The standard InChI is InChI=1S/C23H25ClN4O2/c24-19-8-9-22(25-17-19)28-11-4-5-20(28)18-26-12-10-23(29)27(14-13-26)15-16-30-21-6-2-1-3-7-21/h1-9,11,17H,10,12-16,18H2. The number of amides is 1. The molecule has 0 N–H and O–H groups in total. The molecule has 0 saturated carbocycles. The fourth-order valence-electron chi connectivity index (χ4n) is 3.60. The van der Waals surface area contributed by atoms with Crippen molar-refractivity contribution < 1.29 is 9.53 Å². The molecule has 6 nitrogen and oxygen atoms in total. The van der Waals surface area contributed by atoms with Crippen molar-refractivity contribution in [3.8, 4) is 11.6 Å². The summed E-state index contributed by atoms with van der Waals surface area (Å²) in [7, 11) is 0. The first-order chi connectivity index (χ1) is 14.7. The minimum absolute atomic E-state index is 0.184. The summed E-state index contributed by atoms with van der Waals surface area (Å²) in [6, 6.07) is 17.6. The van der Waals surface area contributed by atoms with Gasteiger partial charge in [0.25, 0.3) is 0 Å². The molecule has 7 heteroatoms. The average Bonchev–Trinajstić information content (AvgIpc) is 3.15. The van der Waals surface area contributed by atoms with E-state index in [0.717, 1.165) is 36.9 Å². The number of benzene rings is 1. The zero-order valence-electron chi connectivity index (χ0n) is 16.8. The molecule has 30 heavy (non-hydrogen) atoms. The second-order valence-corrected chi connectivity index (χ2v) is 7.71. The van der Waals surface area contributed by atoms with Crippen LogP contribution < -0.4 is 4.74 Å². The van der Waals surface area contributed by atoms with E-state index in [1.54, 1.807) is 6.20 Å². The second kappa shape index (κ2) is 9.78. The minimum Gasteiger partial charge on any atom is -0.492 e. The smallest absolute Gasteiger partial charge is 0.224 e. The number of aromatic nitrogens is 2. The molecule has 1 aromatic carbocycles. The van der Waals surface area contributed by atoms with Gasteiger partial charge in [-0.1, -0.05) is 29.8 Å². The number of rotatable bonds is 7. The predicted molar refractivity (Wildman–Crippen MR) is 117 cm³/mol. The van der Waals surface area contributed by atoms with E-state index in [4.69, 9.17) is 16.3 Å². The van der Waals surface area contributed by atoms with Crippen LogP contribution in [0.25, 0.3) is 5.82 Å². The first-order valence-corrected chi connectivity index (χ1v) is 10.5. The van der Waals surface area contributed by atoms with Crippen molar-refractivity contribution in [1.82, 2.24) is 19.4 Å².